The van der Waals surface area contributed by atoms with Crippen molar-refractivity contribution in [2.75, 3.05) is 31.8 Å². The average molecular weight is 474 g/mol. The molecular formula is C23H24F2N4O5. The van der Waals surface area contributed by atoms with Crippen LogP contribution in [0.15, 0.2) is 29.2 Å². The van der Waals surface area contributed by atoms with Crippen LogP contribution < -0.4 is 15.8 Å². The molecule has 0 radical (unpaired) electrons. The van der Waals surface area contributed by atoms with Gasteiger partial charge in [-0.15, -0.1) is 0 Å². The van der Waals surface area contributed by atoms with Crippen molar-refractivity contribution in [3.8, 4) is 5.75 Å². The molecule has 1 saturated heterocycles. The number of amides is 2. The highest BCUT2D eigenvalue weighted by Gasteiger charge is 2.53. The maximum Gasteiger partial charge on any atom is 0.278 e. The highest BCUT2D eigenvalue weighted by molar-refractivity contribution is 5.99. The maximum absolute atomic E-state index is 13.9. The lowest BCUT2D eigenvalue weighted by Crippen LogP contribution is -2.70. The summed E-state index contributed by atoms with van der Waals surface area (Å²) in [5.74, 6) is -3.43. The Balaban J connectivity index is 1.53. The van der Waals surface area contributed by atoms with Crippen LogP contribution in [0.1, 0.15) is 45.7 Å². The second-order valence-corrected chi connectivity index (χ2v) is 9.01. The van der Waals surface area contributed by atoms with Crippen LogP contribution in [0.2, 0.25) is 0 Å². The Hall–Kier alpha value is -3.47. The molecule has 2 aliphatic heterocycles. The van der Waals surface area contributed by atoms with Crippen molar-refractivity contribution < 1.29 is 28.2 Å². The van der Waals surface area contributed by atoms with Gasteiger partial charge in [0, 0.05) is 44.4 Å². The lowest BCUT2D eigenvalue weighted by Gasteiger charge is -2.52. The van der Waals surface area contributed by atoms with Gasteiger partial charge in [0.1, 0.15) is 17.2 Å². The topological polar surface area (TPSA) is 104 Å². The number of ether oxygens (including phenoxy) is 1. The molecule has 1 aromatic heterocycles. The minimum Gasteiger partial charge on any atom is -0.502 e. The predicted octanol–water partition coefficient (Wildman–Crippen LogP) is 1.31. The van der Waals surface area contributed by atoms with E-state index in [-0.39, 0.29) is 24.4 Å². The summed E-state index contributed by atoms with van der Waals surface area (Å²) in [5.41, 5.74) is -2.39. The van der Waals surface area contributed by atoms with Crippen molar-refractivity contribution in [2.24, 2.45) is 5.92 Å². The minimum atomic E-state index is -1.00. The number of aromatic hydroxyl groups is 1. The van der Waals surface area contributed by atoms with E-state index in [1.165, 1.54) is 21.8 Å². The van der Waals surface area contributed by atoms with Crippen LogP contribution in [0.25, 0.3) is 0 Å². The summed E-state index contributed by atoms with van der Waals surface area (Å²) in [6, 6.07) is 2.95. The number of halogens is 2. The van der Waals surface area contributed by atoms with Crippen LogP contribution in [0, 0.1) is 17.6 Å². The van der Waals surface area contributed by atoms with Crippen molar-refractivity contribution in [1.29, 1.82) is 0 Å². The molecule has 2 N–H and O–H groups in total. The molecule has 2 fully saturated rings. The Labute approximate surface area is 193 Å². The van der Waals surface area contributed by atoms with Crippen LogP contribution in [0.4, 0.5) is 8.78 Å². The van der Waals surface area contributed by atoms with E-state index in [0.29, 0.717) is 31.6 Å². The molecule has 1 unspecified atom stereocenters. The number of nitrogens with zero attached hydrogens (tertiary/aromatic N) is 3. The smallest absolute Gasteiger partial charge is 0.278 e. The molecule has 5 rings (SSSR count). The van der Waals surface area contributed by atoms with Crippen molar-refractivity contribution in [3.05, 3.63) is 63.1 Å². The van der Waals surface area contributed by atoms with Crippen molar-refractivity contribution in [1.82, 2.24) is 14.9 Å². The van der Waals surface area contributed by atoms with E-state index in [0.717, 1.165) is 18.9 Å². The number of rotatable bonds is 5. The number of pyridine rings is 1. The van der Waals surface area contributed by atoms with Crippen molar-refractivity contribution in [3.63, 3.8) is 0 Å². The van der Waals surface area contributed by atoms with Gasteiger partial charge in [-0.1, -0.05) is 6.07 Å². The normalized spacial score (nSPS) is 21.8. The molecule has 180 valence electrons. The predicted molar refractivity (Wildman–Crippen MR) is 116 cm³/mol. The Bertz CT molecular complexity index is 1240. The fourth-order valence-corrected chi connectivity index (χ4v) is 4.61. The van der Waals surface area contributed by atoms with E-state index >= 15 is 0 Å². The first kappa shape index (κ1) is 22.3. The lowest BCUT2D eigenvalue weighted by atomic mass is 10.0. The summed E-state index contributed by atoms with van der Waals surface area (Å²) in [5, 5.41) is 15.0. The number of carbonyl (C=O) groups excluding carboxylic acids is 2. The van der Waals surface area contributed by atoms with Crippen LogP contribution in [0.5, 0.6) is 5.75 Å². The average Bonchev–Trinajstić information content (AvgIpc) is 3.50. The molecule has 1 aromatic carbocycles. The molecule has 2 amide bonds. The molecule has 34 heavy (non-hydrogen) atoms. The number of hydrogen-bond acceptors (Lipinski definition) is 6. The van der Waals surface area contributed by atoms with Gasteiger partial charge in [-0.3, -0.25) is 24.1 Å². The molecule has 9 nitrogen and oxygen atoms in total. The highest BCUT2D eigenvalue weighted by Crippen LogP contribution is 2.39. The van der Waals surface area contributed by atoms with Crippen molar-refractivity contribution in [2.45, 2.75) is 31.5 Å². The van der Waals surface area contributed by atoms with E-state index in [9.17, 15) is 28.3 Å². The SMILES string of the molecule is CN1C(=O)c2c(O)c(=O)c(C(=O)NCc3ccc(F)cc3F)cn2N(CC2CC2)C12CCOC2. The van der Waals surface area contributed by atoms with Crippen LogP contribution >= 0.6 is 0 Å². The summed E-state index contributed by atoms with van der Waals surface area (Å²) in [6.07, 6.45) is 3.81. The second kappa shape index (κ2) is 8.08. The lowest BCUT2D eigenvalue weighted by molar-refractivity contribution is 0.0295. The minimum absolute atomic E-state index is 0.0336. The molecule has 1 saturated carbocycles. The molecule has 11 heteroatoms. The molecule has 1 atom stereocenters. The van der Waals surface area contributed by atoms with Gasteiger partial charge in [-0.25, -0.2) is 8.78 Å². The van der Waals surface area contributed by atoms with Gasteiger partial charge in [0.05, 0.1) is 13.2 Å². The van der Waals surface area contributed by atoms with Crippen molar-refractivity contribution >= 4 is 11.8 Å². The van der Waals surface area contributed by atoms with Gasteiger partial charge in [0.25, 0.3) is 11.8 Å². The van der Waals surface area contributed by atoms with E-state index < -0.39 is 45.9 Å². The third kappa shape index (κ3) is 3.51. The number of fused-ring (bicyclic) bond motifs is 1. The molecule has 3 aliphatic rings. The third-order valence-corrected chi connectivity index (χ3v) is 6.84. The fraction of sp³-hybridized carbons (Fsp3) is 0.435. The molecule has 3 heterocycles. The molecule has 0 bridgehead atoms. The number of benzene rings is 1. The Morgan fingerprint density at radius 1 is 1.29 bits per heavy atom. The van der Waals surface area contributed by atoms with Crippen LogP contribution in [-0.2, 0) is 11.3 Å². The fourth-order valence-electron chi connectivity index (χ4n) is 4.61. The third-order valence-electron chi connectivity index (χ3n) is 6.84. The summed E-state index contributed by atoms with van der Waals surface area (Å²) in [7, 11) is 1.61. The first-order valence-corrected chi connectivity index (χ1v) is 11.1. The number of likely N-dealkylation sites (N-methyl/N-ethyl adjacent to an activating group) is 1. The number of hydrogen-bond donors (Lipinski definition) is 2. The zero-order valence-corrected chi connectivity index (χ0v) is 18.5. The first-order chi connectivity index (χ1) is 16.2. The van der Waals surface area contributed by atoms with E-state index in [1.54, 1.807) is 7.05 Å². The van der Waals surface area contributed by atoms with E-state index in [2.05, 4.69) is 5.32 Å². The first-order valence-electron chi connectivity index (χ1n) is 11.1. The highest BCUT2D eigenvalue weighted by atomic mass is 19.1. The Kier molecular flexibility index (Phi) is 5.31. The second-order valence-electron chi connectivity index (χ2n) is 9.01. The standard InChI is InChI=1S/C23H24F2N4O5/c1-27-22(33)18-20(31)19(30)16(21(32)26-9-14-4-5-15(24)8-17(14)25)11-28(18)29(10-13-2-3-13)23(27)6-7-34-12-23/h4-5,8,11,13,31H,2-3,6-7,9-10,12H2,1H3,(H,26,32). The largest absolute Gasteiger partial charge is 0.502 e. The Morgan fingerprint density at radius 3 is 2.71 bits per heavy atom. The van der Waals surface area contributed by atoms with Gasteiger partial charge in [-0.05, 0) is 24.8 Å². The van der Waals surface area contributed by atoms with Gasteiger partial charge < -0.3 is 20.1 Å². The van der Waals surface area contributed by atoms with Gasteiger partial charge in [0.15, 0.2) is 17.1 Å². The number of nitrogens with one attached hydrogen (secondary N) is 1. The summed E-state index contributed by atoms with van der Waals surface area (Å²) in [6.45, 7) is 0.951. The van der Waals surface area contributed by atoms with Crippen LogP contribution in [0.3, 0.4) is 0 Å². The van der Waals surface area contributed by atoms with Gasteiger partial charge in [0.2, 0.25) is 5.43 Å². The molecule has 1 spiro atoms. The zero-order valence-electron chi connectivity index (χ0n) is 18.5. The Morgan fingerprint density at radius 2 is 2.06 bits per heavy atom. The summed E-state index contributed by atoms with van der Waals surface area (Å²) < 4.78 is 34.1. The van der Waals surface area contributed by atoms with Crippen LogP contribution in [-0.4, -0.2) is 59.0 Å². The zero-order chi connectivity index (χ0) is 24.2. The summed E-state index contributed by atoms with van der Waals surface area (Å²) >= 11 is 0. The van der Waals surface area contributed by atoms with E-state index in [4.69, 9.17) is 4.74 Å². The van der Waals surface area contributed by atoms with E-state index in [1.807, 2.05) is 5.01 Å². The maximum atomic E-state index is 13.9. The number of carbonyl (C=O) groups is 2. The number of aromatic nitrogens is 1. The summed E-state index contributed by atoms with van der Waals surface area (Å²) in [4.78, 5) is 40.4. The molecule has 1 aliphatic carbocycles. The molecular weight excluding hydrogens is 450 g/mol. The van der Waals surface area contributed by atoms with Gasteiger partial charge in [-0.2, -0.15) is 0 Å². The monoisotopic (exact) mass is 474 g/mol. The quantitative estimate of drug-likeness (QED) is 0.678. The molecule has 2 aromatic rings. The van der Waals surface area contributed by atoms with Gasteiger partial charge >= 0.3 is 0 Å².